The van der Waals surface area contributed by atoms with Crippen LogP contribution in [0.2, 0.25) is 20.1 Å². The van der Waals surface area contributed by atoms with Crippen LogP contribution in [0.5, 0.6) is 0 Å². The Labute approximate surface area is 144 Å². The number of carbonyl (C=O) groups excluding carboxylic acids is 1. The lowest BCUT2D eigenvalue weighted by Crippen LogP contribution is -2.11. The summed E-state index contributed by atoms with van der Waals surface area (Å²) in [5.41, 5.74) is 0.359. The van der Waals surface area contributed by atoms with Crippen molar-refractivity contribution in [2.75, 3.05) is 5.75 Å². The summed E-state index contributed by atoms with van der Waals surface area (Å²) in [5.74, 6) is -0.464. The maximum absolute atomic E-state index is 12.2. The predicted molar refractivity (Wildman–Crippen MR) is 88.5 cm³/mol. The highest BCUT2D eigenvalue weighted by Gasteiger charge is 2.14. The molecule has 0 heterocycles. The van der Waals surface area contributed by atoms with Gasteiger partial charge in [0.05, 0.1) is 36.6 Å². The van der Waals surface area contributed by atoms with E-state index < -0.39 is 10.8 Å². The summed E-state index contributed by atoms with van der Waals surface area (Å²) in [7, 11) is -1.51. The number of hydrogen-bond donors (Lipinski definition) is 0. The van der Waals surface area contributed by atoms with E-state index in [1.165, 1.54) is 18.2 Å². The van der Waals surface area contributed by atoms with Gasteiger partial charge in [-0.05, 0) is 36.4 Å². The van der Waals surface area contributed by atoms with E-state index in [4.69, 9.17) is 46.4 Å². The lowest BCUT2D eigenvalue weighted by Gasteiger charge is -2.05. The number of rotatable bonds is 4. The van der Waals surface area contributed by atoms with Crippen molar-refractivity contribution < 1.29 is 9.00 Å². The van der Waals surface area contributed by atoms with Crippen molar-refractivity contribution in [2.45, 2.75) is 4.90 Å². The largest absolute Gasteiger partial charge is 0.293 e. The van der Waals surface area contributed by atoms with E-state index in [9.17, 15) is 9.00 Å². The van der Waals surface area contributed by atoms with Gasteiger partial charge < -0.3 is 0 Å². The minimum atomic E-state index is -1.51. The number of ketones is 1. The van der Waals surface area contributed by atoms with E-state index in [-0.39, 0.29) is 16.6 Å². The van der Waals surface area contributed by atoms with Gasteiger partial charge in [-0.2, -0.15) is 0 Å². The van der Waals surface area contributed by atoms with E-state index >= 15 is 0 Å². The van der Waals surface area contributed by atoms with Gasteiger partial charge >= 0.3 is 0 Å². The van der Waals surface area contributed by atoms with Crippen LogP contribution < -0.4 is 0 Å². The first kappa shape index (κ1) is 16.8. The highest BCUT2D eigenvalue weighted by Crippen LogP contribution is 2.25. The number of hydrogen-bond acceptors (Lipinski definition) is 2. The van der Waals surface area contributed by atoms with Gasteiger partial charge in [-0.25, -0.2) is 0 Å². The minimum Gasteiger partial charge on any atom is -0.293 e. The van der Waals surface area contributed by atoms with Crippen molar-refractivity contribution >= 4 is 63.0 Å². The molecule has 21 heavy (non-hydrogen) atoms. The third-order valence-electron chi connectivity index (χ3n) is 2.66. The fraction of sp³-hybridized carbons (Fsp3) is 0.0714. The first-order valence-electron chi connectivity index (χ1n) is 5.70. The fourth-order valence-electron chi connectivity index (χ4n) is 1.57. The van der Waals surface area contributed by atoms with E-state index in [0.717, 1.165) is 0 Å². The number of Topliss-reactive ketones (excluding diaryl/α,β-unsaturated/α-hetero) is 1. The monoisotopic (exact) mass is 380 g/mol. The molecule has 0 N–H and O–H groups in total. The standard InChI is InChI=1S/C14H8Cl4O2S/c15-10-3-1-8(5-12(10)17)14(19)7-21(20)9-2-4-11(16)13(18)6-9/h1-6H,7H2. The Hall–Kier alpha value is -0.580. The summed E-state index contributed by atoms with van der Waals surface area (Å²) in [4.78, 5) is 12.5. The molecule has 7 heteroatoms. The smallest absolute Gasteiger partial charge is 0.175 e. The Kier molecular flexibility index (Phi) is 5.69. The van der Waals surface area contributed by atoms with Crippen LogP contribution in [0.15, 0.2) is 41.3 Å². The van der Waals surface area contributed by atoms with E-state index in [0.29, 0.717) is 25.5 Å². The molecule has 1 unspecified atom stereocenters. The van der Waals surface area contributed by atoms with Crippen molar-refractivity contribution in [3.05, 3.63) is 62.1 Å². The van der Waals surface area contributed by atoms with Gasteiger partial charge in [0.2, 0.25) is 0 Å². The third kappa shape index (κ3) is 4.21. The normalized spacial score (nSPS) is 12.2. The van der Waals surface area contributed by atoms with Crippen LogP contribution in [0.4, 0.5) is 0 Å². The molecular formula is C14H8Cl4O2S. The Morgan fingerprint density at radius 1 is 0.857 bits per heavy atom. The second kappa shape index (κ2) is 7.12. The summed E-state index contributed by atoms with van der Waals surface area (Å²) in [6.45, 7) is 0. The second-order valence-electron chi connectivity index (χ2n) is 4.12. The Morgan fingerprint density at radius 3 is 2.00 bits per heavy atom. The van der Waals surface area contributed by atoms with Gasteiger partial charge in [0.25, 0.3) is 0 Å². The Bertz CT molecular complexity index is 669. The highest BCUT2D eigenvalue weighted by molar-refractivity contribution is 7.85. The summed E-state index contributed by atoms with van der Waals surface area (Å²) in [6.07, 6.45) is 0. The van der Waals surface area contributed by atoms with E-state index in [1.54, 1.807) is 18.2 Å². The zero-order valence-corrected chi connectivity index (χ0v) is 14.2. The summed E-state index contributed by atoms with van der Waals surface area (Å²) < 4.78 is 12.2. The van der Waals surface area contributed by atoms with Crippen molar-refractivity contribution in [3.8, 4) is 0 Å². The van der Waals surface area contributed by atoms with Gasteiger partial charge in [0, 0.05) is 10.5 Å². The molecule has 110 valence electrons. The molecule has 0 spiro atoms. The molecule has 1 atom stereocenters. The summed E-state index contributed by atoms with van der Waals surface area (Å²) in [6, 6.07) is 9.13. The quantitative estimate of drug-likeness (QED) is 0.674. The molecule has 0 fully saturated rings. The number of halogens is 4. The average Bonchev–Trinajstić information content (AvgIpc) is 2.44. The zero-order chi connectivity index (χ0) is 15.6. The molecule has 0 amide bonds. The molecule has 0 aliphatic carbocycles. The van der Waals surface area contributed by atoms with Crippen molar-refractivity contribution in [1.29, 1.82) is 0 Å². The van der Waals surface area contributed by atoms with Crippen LogP contribution in [0, 0.1) is 0 Å². The lowest BCUT2D eigenvalue weighted by atomic mass is 10.1. The average molecular weight is 382 g/mol. The predicted octanol–water partition coefficient (Wildman–Crippen LogP) is 5.29. The molecule has 2 rings (SSSR count). The van der Waals surface area contributed by atoms with Gasteiger partial charge in [-0.15, -0.1) is 0 Å². The SMILES string of the molecule is O=C(CS(=O)c1ccc(Cl)c(Cl)c1)c1ccc(Cl)c(Cl)c1. The third-order valence-corrected chi connectivity index (χ3v) is 5.44. The molecule has 0 aromatic heterocycles. The first-order chi connectivity index (χ1) is 9.88. The molecule has 0 bridgehead atoms. The molecule has 0 aliphatic heterocycles. The molecule has 2 aromatic carbocycles. The number of benzene rings is 2. The van der Waals surface area contributed by atoms with Gasteiger partial charge in [0.15, 0.2) is 5.78 Å². The van der Waals surface area contributed by atoms with Crippen molar-refractivity contribution in [1.82, 2.24) is 0 Å². The molecule has 2 nitrogen and oxygen atoms in total. The molecular weight excluding hydrogens is 374 g/mol. The fourth-order valence-corrected chi connectivity index (χ4v) is 3.28. The van der Waals surface area contributed by atoms with Gasteiger partial charge in [-0.1, -0.05) is 46.4 Å². The van der Waals surface area contributed by atoms with Crippen LogP contribution in [0.1, 0.15) is 10.4 Å². The second-order valence-corrected chi connectivity index (χ2v) is 7.20. The molecule has 0 aliphatic rings. The van der Waals surface area contributed by atoms with E-state index in [2.05, 4.69) is 0 Å². The zero-order valence-electron chi connectivity index (χ0n) is 10.4. The maximum atomic E-state index is 12.2. The van der Waals surface area contributed by atoms with Crippen LogP contribution in [0.25, 0.3) is 0 Å². The van der Waals surface area contributed by atoms with Crippen LogP contribution in [-0.2, 0) is 10.8 Å². The van der Waals surface area contributed by atoms with Crippen molar-refractivity contribution in [3.63, 3.8) is 0 Å². The summed E-state index contributed by atoms with van der Waals surface area (Å²) >= 11 is 23.3. The van der Waals surface area contributed by atoms with Gasteiger partial charge in [0.1, 0.15) is 0 Å². The Morgan fingerprint density at radius 2 is 1.43 bits per heavy atom. The molecule has 0 radical (unpaired) electrons. The maximum Gasteiger partial charge on any atom is 0.175 e. The highest BCUT2D eigenvalue weighted by atomic mass is 35.5. The first-order valence-corrected chi connectivity index (χ1v) is 8.53. The molecule has 0 saturated carbocycles. The van der Waals surface area contributed by atoms with Crippen LogP contribution >= 0.6 is 46.4 Å². The van der Waals surface area contributed by atoms with Crippen molar-refractivity contribution in [2.24, 2.45) is 0 Å². The number of carbonyl (C=O) groups is 1. The Balaban J connectivity index is 2.16. The van der Waals surface area contributed by atoms with E-state index in [1.807, 2.05) is 0 Å². The van der Waals surface area contributed by atoms with Gasteiger partial charge in [-0.3, -0.25) is 9.00 Å². The topological polar surface area (TPSA) is 34.1 Å². The summed E-state index contributed by atoms with van der Waals surface area (Å²) in [5, 5.41) is 1.30. The lowest BCUT2D eigenvalue weighted by molar-refractivity contribution is 0.102. The van der Waals surface area contributed by atoms with Crippen LogP contribution in [-0.4, -0.2) is 15.7 Å². The molecule has 2 aromatic rings. The van der Waals surface area contributed by atoms with Crippen LogP contribution in [0.3, 0.4) is 0 Å². The molecule has 0 saturated heterocycles. The minimum absolute atomic E-state index is 0.171.